The molecule has 0 aliphatic carbocycles. The van der Waals surface area contributed by atoms with Crippen molar-refractivity contribution < 1.29 is 9.53 Å². The highest BCUT2D eigenvalue weighted by Gasteiger charge is 2.21. The van der Waals surface area contributed by atoms with E-state index in [4.69, 9.17) is 4.74 Å². The number of carbonyl (C=O) groups excluding carboxylic acids is 1. The molecule has 1 aromatic heterocycles. The molecule has 0 spiro atoms. The number of rotatable bonds is 3. The molecule has 1 fully saturated rings. The van der Waals surface area contributed by atoms with E-state index in [1.165, 1.54) is 0 Å². The smallest absolute Gasteiger partial charge is 0.239 e. The van der Waals surface area contributed by atoms with Gasteiger partial charge in [-0.2, -0.15) is 5.10 Å². The molecular formula is C12H20N4O2. The van der Waals surface area contributed by atoms with E-state index in [9.17, 15) is 4.79 Å². The summed E-state index contributed by atoms with van der Waals surface area (Å²) in [7, 11) is 1.82. The zero-order valence-corrected chi connectivity index (χ0v) is 11.1. The molecule has 1 aliphatic rings. The molecule has 2 rings (SSSR count). The monoisotopic (exact) mass is 252 g/mol. The summed E-state index contributed by atoms with van der Waals surface area (Å²) >= 11 is 0. The number of nitrogens with zero attached hydrogens (tertiary/aromatic N) is 3. The van der Waals surface area contributed by atoms with Gasteiger partial charge in [0.2, 0.25) is 5.91 Å². The molecule has 0 bridgehead atoms. The molecule has 1 atom stereocenters. The third kappa shape index (κ3) is 3.08. The topological polar surface area (TPSA) is 59.4 Å². The molecule has 1 aromatic rings. The predicted molar refractivity (Wildman–Crippen MR) is 68.4 cm³/mol. The number of amides is 1. The minimum atomic E-state index is -0.00764. The summed E-state index contributed by atoms with van der Waals surface area (Å²) in [6.07, 6.45) is 0. The maximum atomic E-state index is 12.0. The van der Waals surface area contributed by atoms with Gasteiger partial charge in [0, 0.05) is 25.7 Å². The molecule has 6 nitrogen and oxygen atoms in total. The van der Waals surface area contributed by atoms with Gasteiger partial charge in [-0.3, -0.25) is 14.4 Å². The molecule has 0 aromatic carbocycles. The number of morpholine rings is 1. The van der Waals surface area contributed by atoms with Gasteiger partial charge in [-0.25, -0.2) is 0 Å². The van der Waals surface area contributed by atoms with Crippen LogP contribution in [0.3, 0.4) is 0 Å². The fourth-order valence-corrected chi connectivity index (χ4v) is 2.09. The fraction of sp³-hybridized carbons (Fsp3) is 0.667. The maximum Gasteiger partial charge on any atom is 0.239 e. The van der Waals surface area contributed by atoms with E-state index in [2.05, 4.69) is 22.2 Å². The van der Waals surface area contributed by atoms with Crippen molar-refractivity contribution in [2.24, 2.45) is 7.05 Å². The van der Waals surface area contributed by atoms with E-state index in [1.54, 1.807) is 4.68 Å². The second-order valence-electron chi connectivity index (χ2n) is 4.74. The van der Waals surface area contributed by atoms with Crippen molar-refractivity contribution in [1.29, 1.82) is 0 Å². The van der Waals surface area contributed by atoms with Gasteiger partial charge in [-0.1, -0.05) is 0 Å². The summed E-state index contributed by atoms with van der Waals surface area (Å²) in [6, 6.07) is 2.15. The Kier molecular flexibility index (Phi) is 3.98. The third-order valence-corrected chi connectivity index (χ3v) is 3.12. The SMILES string of the molecule is Cc1cc(NC(=O)CN2CCOCC2C)n(C)n1. The lowest BCUT2D eigenvalue weighted by Crippen LogP contribution is -2.47. The van der Waals surface area contributed by atoms with Crippen LogP contribution in [0.1, 0.15) is 12.6 Å². The Balaban J connectivity index is 1.90. The van der Waals surface area contributed by atoms with Gasteiger partial charge >= 0.3 is 0 Å². The number of anilines is 1. The molecule has 1 N–H and O–H groups in total. The Morgan fingerprint density at radius 1 is 1.67 bits per heavy atom. The zero-order chi connectivity index (χ0) is 13.1. The van der Waals surface area contributed by atoms with E-state index in [0.717, 1.165) is 18.1 Å². The fourth-order valence-electron chi connectivity index (χ4n) is 2.09. The number of hydrogen-bond acceptors (Lipinski definition) is 4. The number of hydrogen-bond donors (Lipinski definition) is 1. The molecule has 1 saturated heterocycles. The Morgan fingerprint density at radius 3 is 3.06 bits per heavy atom. The summed E-state index contributed by atoms with van der Waals surface area (Å²) in [5.41, 5.74) is 0.896. The molecule has 1 unspecified atom stereocenters. The molecule has 2 heterocycles. The molecule has 100 valence electrons. The van der Waals surface area contributed by atoms with Gasteiger partial charge in [-0.15, -0.1) is 0 Å². The van der Waals surface area contributed by atoms with Crippen LogP contribution in [0.15, 0.2) is 6.07 Å². The van der Waals surface area contributed by atoms with Gasteiger partial charge in [0.25, 0.3) is 0 Å². The van der Waals surface area contributed by atoms with Crippen molar-refractivity contribution in [1.82, 2.24) is 14.7 Å². The van der Waals surface area contributed by atoms with Crippen LogP contribution in [-0.2, 0) is 16.6 Å². The van der Waals surface area contributed by atoms with E-state index in [0.29, 0.717) is 19.8 Å². The van der Waals surface area contributed by atoms with Crippen molar-refractivity contribution in [3.05, 3.63) is 11.8 Å². The van der Waals surface area contributed by atoms with Gasteiger partial charge in [0.15, 0.2) is 0 Å². The first-order valence-electron chi connectivity index (χ1n) is 6.18. The van der Waals surface area contributed by atoms with Gasteiger partial charge in [0.05, 0.1) is 25.5 Å². The summed E-state index contributed by atoms with van der Waals surface area (Å²) in [5.74, 6) is 0.727. The largest absolute Gasteiger partial charge is 0.379 e. The Hall–Kier alpha value is -1.40. The average Bonchev–Trinajstić information content (AvgIpc) is 2.61. The van der Waals surface area contributed by atoms with E-state index in [1.807, 2.05) is 20.0 Å². The van der Waals surface area contributed by atoms with Crippen molar-refractivity contribution in [2.45, 2.75) is 19.9 Å². The quantitative estimate of drug-likeness (QED) is 0.845. The molecule has 0 saturated carbocycles. The van der Waals surface area contributed by atoms with Crippen LogP contribution in [0.25, 0.3) is 0 Å². The Bertz CT molecular complexity index is 430. The summed E-state index contributed by atoms with van der Waals surface area (Å²) in [6.45, 7) is 6.56. The highest BCUT2D eigenvalue weighted by atomic mass is 16.5. The zero-order valence-electron chi connectivity index (χ0n) is 11.1. The lowest BCUT2D eigenvalue weighted by atomic mass is 10.2. The molecule has 18 heavy (non-hydrogen) atoms. The van der Waals surface area contributed by atoms with Crippen LogP contribution in [-0.4, -0.2) is 52.9 Å². The number of aryl methyl sites for hydroxylation is 2. The van der Waals surface area contributed by atoms with Crippen molar-refractivity contribution in [2.75, 3.05) is 31.6 Å². The van der Waals surface area contributed by atoms with Crippen molar-refractivity contribution in [3.8, 4) is 0 Å². The first-order chi connectivity index (χ1) is 8.56. The number of aromatic nitrogens is 2. The van der Waals surface area contributed by atoms with Gasteiger partial charge in [-0.05, 0) is 13.8 Å². The molecule has 0 radical (unpaired) electrons. The molecular weight excluding hydrogens is 232 g/mol. The lowest BCUT2D eigenvalue weighted by molar-refractivity contribution is -0.119. The normalized spacial score (nSPS) is 20.9. The minimum absolute atomic E-state index is 0.00764. The summed E-state index contributed by atoms with van der Waals surface area (Å²) in [5, 5.41) is 7.07. The maximum absolute atomic E-state index is 12.0. The van der Waals surface area contributed by atoms with Gasteiger partial charge in [0.1, 0.15) is 5.82 Å². The summed E-state index contributed by atoms with van der Waals surface area (Å²) < 4.78 is 7.02. The van der Waals surface area contributed by atoms with E-state index in [-0.39, 0.29) is 11.9 Å². The highest BCUT2D eigenvalue weighted by Crippen LogP contribution is 2.09. The minimum Gasteiger partial charge on any atom is -0.379 e. The number of ether oxygens (including phenoxy) is 1. The second kappa shape index (κ2) is 5.49. The lowest BCUT2D eigenvalue weighted by Gasteiger charge is -2.32. The van der Waals surface area contributed by atoms with Crippen molar-refractivity contribution >= 4 is 11.7 Å². The Labute approximate surface area is 107 Å². The summed E-state index contributed by atoms with van der Waals surface area (Å²) in [4.78, 5) is 14.1. The molecule has 6 heteroatoms. The number of carbonyl (C=O) groups is 1. The standard InChI is InChI=1S/C12H20N4O2/c1-9-6-11(15(3)14-9)13-12(17)7-16-4-5-18-8-10(16)2/h6,10H,4-5,7-8H2,1-3H3,(H,13,17). The van der Waals surface area contributed by atoms with Crippen LogP contribution >= 0.6 is 0 Å². The van der Waals surface area contributed by atoms with Crippen molar-refractivity contribution in [3.63, 3.8) is 0 Å². The second-order valence-corrected chi connectivity index (χ2v) is 4.74. The van der Waals surface area contributed by atoms with E-state index >= 15 is 0 Å². The third-order valence-electron chi connectivity index (χ3n) is 3.12. The van der Waals surface area contributed by atoms with Crippen LogP contribution in [0, 0.1) is 6.92 Å². The first-order valence-corrected chi connectivity index (χ1v) is 6.18. The van der Waals surface area contributed by atoms with Crippen LogP contribution < -0.4 is 5.32 Å². The van der Waals surface area contributed by atoms with Crippen LogP contribution in [0.4, 0.5) is 5.82 Å². The Morgan fingerprint density at radius 2 is 2.44 bits per heavy atom. The molecule has 1 amide bonds. The molecule has 1 aliphatic heterocycles. The van der Waals surface area contributed by atoms with Crippen LogP contribution in [0.5, 0.6) is 0 Å². The van der Waals surface area contributed by atoms with E-state index < -0.39 is 0 Å². The van der Waals surface area contributed by atoms with Gasteiger partial charge < -0.3 is 10.1 Å². The number of nitrogens with one attached hydrogen (secondary N) is 1. The predicted octanol–water partition coefficient (Wildman–Crippen LogP) is 0.388. The highest BCUT2D eigenvalue weighted by molar-refractivity contribution is 5.91. The van der Waals surface area contributed by atoms with Crippen LogP contribution in [0.2, 0.25) is 0 Å². The average molecular weight is 252 g/mol. The first kappa shape index (κ1) is 13.0.